The molecule has 1 aliphatic heterocycles. The van der Waals surface area contributed by atoms with E-state index in [1.807, 2.05) is 0 Å². The Morgan fingerprint density at radius 2 is 1.80 bits per heavy atom. The van der Waals surface area contributed by atoms with Crippen molar-refractivity contribution < 1.29 is 32.2 Å². The van der Waals surface area contributed by atoms with Gasteiger partial charge in [-0.25, -0.2) is 13.8 Å². The van der Waals surface area contributed by atoms with Gasteiger partial charge >= 0.3 is 0 Å². The second-order valence-electron chi connectivity index (χ2n) is 9.12. The molecule has 4 rings (SSSR count). The molecule has 41 heavy (non-hydrogen) atoms. The van der Waals surface area contributed by atoms with Crippen LogP contribution in [-0.2, 0) is 24.3 Å². The molecule has 2 N–H and O–H groups in total. The van der Waals surface area contributed by atoms with Gasteiger partial charge < -0.3 is 19.5 Å². The Morgan fingerprint density at radius 3 is 2.51 bits per heavy atom. The number of benzene rings is 3. The van der Waals surface area contributed by atoms with Crippen molar-refractivity contribution in [2.75, 3.05) is 37.7 Å². The molecule has 0 aromatic heterocycles. The highest BCUT2D eigenvalue weighted by Gasteiger charge is 2.27. The highest BCUT2D eigenvalue weighted by molar-refractivity contribution is 7.92. The first-order chi connectivity index (χ1) is 19.8. The van der Waals surface area contributed by atoms with Gasteiger partial charge in [-0.05, 0) is 66.9 Å². The number of rotatable bonds is 13. The summed E-state index contributed by atoms with van der Waals surface area (Å²) in [7, 11) is -2.59. The van der Waals surface area contributed by atoms with Crippen LogP contribution >= 0.6 is 0 Å². The first-order valence-electron chi connectivity index (χ1n) is 13.0. The zero-order valence-electron chi connectivity index (χ0n) is 22.6. The molecule has 1 aliphatic rings. The number of hydrogen-bond acceptors (Lipinski definition) is 8. The molecule has 1 heterocycles. The Hall–Kier alpha value is -4.42. The van der Waals surface area contributed by atoms with Gasteiger partial charge in [0.25, 0.3) is 21.8 Å². The molecule has 3 aromatic carbocycles. The van der Waals surface area contributed by atoms with Gasteiger partial charge in [0.15, 0.2) is 6.61 Å². The summed E-state index contributed by atoms with van der Waals surface area (Å²) in [5.41, 5.74) is 3.30. The fourth-order valence-electron chi connectivity index (χ4n) is 4.03. The topological polar surface area (TPSA) is 136 Å². The molecule has 2 amide bonds. The standard InChI is InChI=1S/C29H32N4O7S/c1-38-25-8-5-7-23(17-25)33(41(36,37)27-10-3-2-4-11-27)20-28(34)32-31-18-22-12-14-24(15-13-22)40-21-29(35)30-19-26-9-6-16-39-26/h2-5,7-8,10-15,17-18,26H,6,9,16,19-21H2,1H3,(H,30,35)(H,32,34)/b31-18-/t26-/m1/s1. The third-order valence-electron chi connectivity index (χ3n) is 6.16. The van der Waals surface area contributed by atoms with Crippen LogP contribution in [0.4, 0.5) is 5.69 Å². The maximum absolute atomic E-state index is 13.4. The van der Waals surface area contributed by atoms with E-state index in [0.717, 1.165) is 23.8 Å². The molecule has 0 saturated carbocycles. The van der Waals surface area contributed by atoms with Crippen molar-refractivity contribution in [1.29, 1.82) is 0 Å². The Bertz CT molecular complexity index is 1440. The van der Waals surface area contributed by atoms with E-state index in [4.69, 9.17) is 14.2 Å². The fourth-order valence-corrected chi connectivity index (χ4v) is 5.46. The van der Waals surface area contributed by atoms with Crippen LogP contribution in [-0.4, -0.2) is 66.0 Å². The SMILES string of the molecule is COc1cccc(N(CC(=O)N/N=C\c2ccc(OCC(=O)NC[C@H]3CCCO3)cc2)S(=O)(=O)c2ccccc2)c1. The number of nitrogens with zero attached hydrogens (tertiary/aromatic N) is 2. The summed E-state index contributed by atoms with van der Waals surface area (Å²) in [6.07, 6.45) is 3.43. The number of ether oxygens (including phenoxy) is 3. The molecule has 1 atom stereocenters. The van der Waals surface area contributed by atoms with Crippen LogP contribution in [0.1, 0.15) is 18.4 Å². The lowest BCUT2D eigenvalue weighted by Crippen LogP contribution is -2.39. The van der Waals surface area contributed by atoms with Gasteiger partial charge in [-0.15, -0.1) is 0 Å². The third kappa shape index (κ3) is 8.53. The molecule has 0 unspecified atom stereocenters. The Labute approximate surface area is 239 Å². The van der Waals surface area contributed by atoms with Crippen LogP contribution in [0.15, 0.2) is 88.9 Å². The molecule has 0 radical (unpaired) electrons. The minimum Gasteiger partial charge on any atom is -0.497 e. The van der Waals surface area contributed by atoms with Gasteiger partial charge in [0, 0.05) is 19.2 Å². The smallest absolute Gasteiger partial charge is 0.264 e. The van der Waals surface area contributed by atoms with Gasteiger partial charge in [-0.3, -0.25) is 13.9 Å². The maximum atomic E-state index is 13.4. The average Bonchev–Trinajstić information content (AvgIpc) is 3.53. The van der Waals surface area contributed by atoms with Crippen LogP contribution in [0, 0.1) is 0 Å². The zero-order chi connectivity index (χ0) is 29.1. The molecule has 0 aliphatic carbocycles. The number of carbonyl (C=O) groups excluding carboxylic acids is 2. The van der Waals surface area contributed by atoms with Gasteiger partial charge in [-0.1, -0.05) is 24.3 Å². The molecule has 0 bridgehead atoms. The van der Waals surface area contributed by atoms with Gasteiger partial charge in [0.1, 0.15) is 18.0 Å². The van der Waals surface area contributed by atoms with Crippen molar-refractivity contribution in [3.63, 3.8) is 0 Å². The summed E-state index contributed by atoms with van der Waals surface area (Å²) in [6, 6.07) is 21.0. The van der Waals surface area contributed by atoms with E-state index in [1.165, 1.54) is 31.5 Å². The minimum absolute atomic E-state index is 0.0433. The molecule has 11 nitrogen and oxygen atoms in total. The molecule has 1 fully saturated rings. The van der Waals surface area contributed by atoms with Crippen LogP contribution in [0.3, 0.4) is 0 Å². The number of carbonyl (C=O) groups is 2. The lowest BCUT2D eigenvalue weighted by molar-refractivity contribution is -0.123. The highest BCUT2D eigenvalue weighted by Crippen LogP contribution is 2.26. The summed E-state index contributed by atoms with van der Waals surface area (Å²) < 4.78 is 44.0. The van der Waals surface area contributed by atoms with Crippen molar-refractivity contribution in [2.45, 2.75) is 23.8 Å². The van der Waals surface area contributed by atoms with Crippen molar-refractivity contribution in [2.24, 2.45) is 5.10 Å². The summed E-state index contributed by atoms with van der Waals surface area (Å²) >= 11 is 0. The molecule has 0 spiro atoms. The van der Waals surface area contributed by atoms with E-state index in [0.29, 0.717) is 23.6 Å². The van der Waals surface area contributed by atoms with Crippen LogP contribution in [0.2, 0.25) is 0 Å². The molecular weight excluding hydrogens is 548 g/mol. The summed E-state index contributed by atoms with van der Waals surface area (Å²) in [5, 5.41) is 6.75. The van der Waals surface area contributed by atoms with Crippen molar-refractivity contribution >= 4 is 33.7 Å². The number of sulfonamides is 1. The van der Waals surface area contributed by atoms with E-state index < -0.39 is 22.5 Å². The van der Waals surface area contributed by atoms with Crippen LogP contribution in [0.25, 0.3) is 0 Å². The number of hydrogen-bond donors (Lipinski definition) is 2. The molecule has 1 saturated heterocycles. The average molecular weight is 581 g/mol. The van der Waals surface area contributed by atoms with Crippen molar-refractivity contribution in [3.8, 4) is 11.5 Å². The lowest BCUT2D eigenvalue weighted by atomic mass is 10.2. The molecular formula is C29H32N4O7S. The quantitative estimate of drug-likeness (QED) is 0.234. The second kappa shape index (κ2) is 14.3. The summed E-state index contributed by atoms with van der Waals surface area (Å²) in [4.78, 5) is 24.8. The van der Waals surface area contributed by atoms with Crippen molar-refractivity contribution in [1.82, 2.24) is 10.7 Å². The summed E-state index contributed by atoms with van der Waals surface area (Å²) in [6.45, 7) is 0.572. The molecule has 12 heteroatoms. The van der Waals surface area contributed by atoms with Crippen LogP contribution in [0.5, 0.6) is 11.5 Å². The third-order valence-corrected chi connectivity index (χ3v) is 7.95. The minimum atomic E-state index is -4.06. The van der Waals surface area contributed by atoms with Gasteiger partial charge in [0.05, 0.1) is 30.0 Å². The van der Waals surface area contributed by atoms with E-state index in [9.17, 15) is 18.0 Å². The van der Waals surface area contributed by atoms with Gasteiger partial charge in [0.2, 0.25) is 0 Å². The first-order valence-corrected chi connectivity index (χ1v) is 14.4. The van der Waals surface area contributed by atoms with E-state index in [2.05, 4.69) is 15.8 Å². The largest absolute Gasteiger partial charge is 0.497 e. The molecule has 216 valence electrons. The maximum Gasteiger partial charge on any atom is 0.264 e. The Kier molecular flexibility index (Phi) is 10.3. The predicted molar refractivity (Wildman–Crippen MR) is 154 cm³/mol. The normalized spacial score (nSPS) is 14.9. The highest BCUT2D eigenvalue weighted by atomic mass is 32.2. The second-order valence-corrected chi connectivity index (χ2v) is 11.0. The van der Waals surface area contributed by atoms with Gasteiger partial charge in [-0.2, -0.15) is 5.10 Å². The predicted octanol–water partition coefficient (Wildman–Crippen LogP) is 2.71. The number of amides is 2. The number of nitrogens with one attached hydrogen (secondary N) is 2. The van der Waals surface area contributed by atoms with E-state index >= 15 is 0 Å². The van der Waals surface area contributed by atoms with Crippen LogP contribution < -0.4 is 24.5 Å². The Balaban J connectivity index is 1.33. The number of hydrazone groups is 1. The first kappa shape index (κ1) is 29.6. The Morgan fingerprint density at radius 1 is 1.02 bits per heavy atom. The number of methoxy groups -OCH3 is 1. The van der Waals surface area contributed by atoms with Crippen molar-refractivity contribution in [3.05, 3.63) is 84.4 Å². The van der Waals surface area contributed by atoms with E-state index in [-0.39, 0.29) is 29.2 Å². The lowest BCUT2D eigenvalue weighted by Gasteiger charge is -2.24. The zero-order valence-corrected chi connectivity index (χ0v) is 23.4. The monoisotopic (exact) mass is 580 g/mol. The molecule has 3 aromatic rings. The summed E-state index contributed by atoms with van der Waals surface area (Å²) in [5.74, 6) is 0.0723. The fraction of sp³-hybridized carbons (Fsp3) is 0.276. The number of anilines is 1. The van der Waals surface area contributed by atoms with E-state index in [1.54, 1.807) is 60.7 Å².